The highest BCUT2D eigenvalue weighted by molar-refractivity contribution is 6.36. The van der Waals surface area contributed by atoms with Crippen LogP contribution in [0.2, 0.25) is 10.0 Å². The number of anilines is 2. The molecule has 2 heterocycles. The largest absolute Gasteiger partial charge is 0.507 e. The highest BCUT2D eigenvalue weighted by Gasteiger charge is 2.70. The van der Waals surface area contributed by atoms with Crippen LogP contribution in [0, 0.1) is 40.7 Å². The first kappa shape index (κ1) is 35.3. The van der Waals surface area contributed by atoms with Gasteiger partial charge in [-0.05, 0) is 73.2 Å². The van der Waals surface area contributed by atoms with Gasteiger partial charge >= 0.3 is 0 Å². The smallest absolute Gasteiger partial charge is 0.271 e. The zero-order valence-corrected chi connectivity index (χ0v) is 30.4. The number of carbonyl (C=O) groups excluding carboxylic acids is 4. The maximum Gasteiger partial charge on any atom is 0.271 e. The number of rotatable bonds is 7. The van der Waals surface area contributed by atoms with E-state index in [9.17, 15) is 29.6 Å². The Labute approximate surface area is 319 Å². The number of phenolic OH excluding ortho intramolecular Hbond substituents is 1. The first-order chi connectivity index (χ1) is 25.9. The van der Waals surface area contributed by atoms with Crippen LogP contribution in [0.15, 0.2) is 96.6 Å². The lowest BCUT2D eigenvalue weighted by molar-refractivity contribution is -0.384. The fraction of sp³-hybridized carbons (Fsp3) is 0.250. The lowest BCUT2D eigenvalue weighted by atomic mass is 9.49. The van der Waals surface area contributed by atoms with Crippen LogP contribution in [0.5, 0.6) is 11.5 Å². The molecular formula is C40H32Cl2N4O8. The molecule has 274 valence electrons. The van der Waals surface area contributed by atoms with Gasteiger partial charge < -0.3 is 9.84 Å². The van der Waals surface area contributed by atoms with Gasteiger partial charge in [-0.2, -0.15) is 5.01 Å². The summed E-state index contributed by atoms with van der Waals surface area (Å²) in [7, 11) is 1.51. The maximum atomic E-state index is 15.4. The summed E-state index contributed by atoms with van der Waals surface area (Å²) in [5.74, 6) is -6.37. The number of hydrazine groups is 1. The van der Waals surface area contributed by atoms with Gasteiger partial charge in [0.1, 0.15) is 11.5 Å². The normalized spacial score (nSPS) is 25.9. The average Bonchev–Trinajstić information content (AvgIpc) is 3.54. The van der Waals surface area contributed by atoms with Gasteiger partial charge in [0.15, 0.2) is 0 Å². The van der Waals surface area contributed by atoms with E-state index in [0.717, 1.165) is 9.91 Å². The third-order valence-corrected chi connectivity index (χ3v) is 12.0. The number of para-hydroxylation sites is 1. The number of nitrogens with zero attached hydrogens (tertiary/aromatic N) is 3. The number of hydrogen-bond donors (Lipinski definition) is 2. The van der Waals surface area contributed by atoms with Gasteiger partial charge in [-0.3, -0.25) is 34.7 Å². The molecule has 2 saturated heterocycles. The van der Waals surface area contributed by atoms with E-state index in [0.29, 0.717) is 33.0 Å². The Morgan fingerprint density at radius 1 is 0.926 bits per heavy atom. The molecule has 0 unspecified atom stereocenters. The van der Waals surface area contributed by atoms with Crippen LogP contribution >= 0.6 is 23.2 Å². The molecule has 0 bridgehead atoms. The number of methoxy groups -OCH3 is 1. The highest BCUT2D eigenvalue weighted by atomic mass is 35.5. The van der Waals surface area contributed by atoms with Crippen molar-refractivity contribution >= 4 is 63.9 Å². The van der Waals surface area contributed by atoms with Crippen LogP contribution in [-0.2, 0) is 24.6 Å². The van der Waals surface area contributed by atoms with Gasteiger partial charge in [-0.25, -0.2) is 4.90 Å². The van der Waals surface area contributed by atoms with Crippen molar-refractivity contribution in [1.82, 2.24) is 5.01 Å². The van der Waals surface area contributed by atoms with Crippen LogP contribution < -0.4 is 15.1 Å². The van der Waals surface area contributed by atoms with Crippen LogP contribution in [0.4, 0.5) is 17.1 Å². The Morgan fingerprint density at radius 2 is 1.67 bits per heavy atom. The Bertz CT molecular complexity index is 2330. The zero-order valence-electron chi connectivity index (χ0n) is 28.9. The zero-order chi connectivity index (χ0) is 38.2. The molecule has 4 amide bonds. The Balaban J connectivity index is 1.33. The molecule has 0 radical (unpaired) electrons. The van der Waals surface area contributed by atoms with Crippen molar-refractivity contribution in [3.8, 4) is 11.5 Å². The second-order valence-electron chi connectivity index (χ2n) is 14.0. The van der Waals surface area contributed by atoms with E-state index in [4.69, 9.17) is 27.9 Å². The van der Waals surface area contributed by atoms with E-state index < -0.39 is 63.6 Å². The number of allylic oxidation sites excluding steroid dienone is 2. The summed E-state index contributed by atoms with van der Waals surface area (Å²) in [6.07, 6.45) is 2.00. The number of nitrogens with one attached hydrogen (secondary N) is 1. The maximum absolute atomic E-state index is 15.4. The molecule has 8 rings (SSSR count). The summed E-state index contributed by atoms with van der Waals surface area (Å²) < 4.78 is 5.44. The number of nitro benzene ring substituents is 1. The molecule has 0 spiro atoms. The van der Waals surface area contributed by atoms with Crippen LogP contribution in [0.25, 0.3) is 0 Å². The molecule has 6 atom stereocenters. The number of amides is 4. The van der Waals surface area contributed by atoms with Crippen LogP contribution in [-0.4, -0.2) is 45.8 Å². The second-order valence-corrected chi connectivity index (χ2v) is 14.9. The first-order valence-electron chi connectivity index (χ1n) is 17.2. The standard InChI is InChI=1S/C40H32Cl2N4O8/c1-20-5-3-8-28(35(20)47)34-26-14-15-27-33(38(50)44(36(27)48)23-6-4-7-24(18-23)46(52)53)29(26)19-30-37(49)45(43-32-16-11-22(41)17-31(32)42)39(51)40(30,34)21-9-12-25(54-2)13-10-21/h3-14,16-18,27,29-30,33-34,43,47H,15,19H2,1-2H3/t27-,29+,30-,33-,34+,40+/m0/s1. The fourth-order valence-corrected chi connectivity index (χ4v) is 9.55. The average molecular weight is 768 g/mol. The first-order valence-corrected chi connectivity index (χ1v) is 18.0. The summed E-state index contributed by atoms with van der Waals surface area (Å²) in [6, 6.07) is 22.0. The number of fused-ring (bicyclic) bond motifs is 4. The number of aryl methyl sites for hydroxylation is 1. The van der Waals surface area contributed by atoms with Gasteiger partial charge in [0.05, 0.1) is 51.6 Å². The van der Waals surface area contributed by atoms with Crippen molar-refractivity contribution in [3.63, 3.8) is 0 Å². The molecule has 2 aliphatic heterocycles. The third kappa shape index (κ3) is 5.11. The Morgan fingerprint density at radius 3 is 2.37 bits per heavy atom. The predicted molar refractivity (Wildman–Crippen MR) is 199 cm³/mol. The molecular weight excluding hydrogens is 735 g/mol. The number of halogens is 2. The second kappa shape index (κ2) is 13.0. The Hall–Kier alpha value is -5.72. The molecule has 4 aromatic rings. The van der Waals surface area contributed by atoms with Crippen molar-refractivity contribution in [2.75, 3.05) is 17.4 Å². The number of non-ortho nitro benzene ring substituents is 1. The lowest BCUT2D eigenvalue weighted by Crippen LogP contribution is -2.53. The van der Waals surface area contributed by atoms with Crippen molar-refractivity contribution in [3.05, 3.63) is 133 Å². The van der Waals surface area contributed by atoms with Gasteiger partial charge in [0.25, 0.3) is 17.5 Å². The predicted octanol–water partition coefficient (Wildman–Crippen LogP) is 7.11. The topological polar surface area (TPSA) is 159 Å². The number of aromatic hydroxyl groups is 1. The number of imide groups is 2. The fourth-order valence-electron chi connectivity index (χ4n) is 9.10. The van der Waals surface area contributed by atoms with E-state index in [2.05, 4.69) is 5.43 Å². The van der Waals surface area contributed by atoms with E-state index in [1.165, 1.54) is 37.4 Å². The van der Waals surface area contributed by atoms with E-state index in [1.54, 1.807) is 61.5 Å². The minimum atomic E-state index is -1.65. The monoisotopic (exact) mass is 766 g/mol. The Kier molecular flexibility index (Phi) is 8.50. The minimum Gasteiger partial charge on any atom is -0.507 e. The van der Waals surface area contributed by atoms with Gasteiger partial charge in [0.2, 0.25) is 11.8 Å². The molecule has 54 heavy (non-hydrogen) atoms. The summed E-state index contributed by atoms with van der Waals surface area (Å²) in [5.41, 5.74) is 3.39. The number of nitro groups is 1. The van der Waals surface area contributed by atoms with Crippen LogP contribution in [0.3, 0.4) is 0 Å². The van der Waals surface area contributed by atoms with E-state index >= 15 is 4.79 Å². The highest BCUT2D eigenvalue weighted by Crippen LogP contribution is 2.65. The molecule has 2 N–H and O–H groups in total. The minimum absolute atomic E-state index is 0.001000. The number of ether oxygens (including phenoxy) is 1. The molecule has 4 aliphatic rings. The van der Waals surface area contributed by atoms with Crippen molar-refractivity contribution < 1.29 is 33.9 Å². The van der Waals surface area contributed by atoms with Crippen molar-refractivity contribution in [2.24, 2.45) is 23.7 Å². The van der Waals surface area contributed by atoms with Crippen molar-refractivity contribution in [1.29, 1.82) is 0 Å². The molecule has 0 aromatic heterocycles. The molecule has 4 aromatic carbocycles. The summed E-state index contributed by atoms with van der Waals surface area (Å²) in [6.45, 7) is 1.73. The summed E-state index contributed by atoms with van der Waals surface area (Å²) in [4.78, 5) is 70.9. The lowest BCUT2D eigenvalue weighted by Gasteiger charge is -2.50. The third-order valence-electron chi connectivity index (χ3n) is 11.5. The van der Waals surface area contributed by atoms with Gasteiger partial charge in [-0.15, -0.1) is 0 Å². The molecule has 1 saturated carbocycles. The number of phenols is 1. The molecule has 14 heteroatoms. The summed E-state index contributed by atoms with van der Waals surface area (Å²) in [5, 5.41) is 24.9. The van der Waals surface area contributed by atoms with Gasteiger partial charge in [0, 0.05) is 28.6 Å². The SMILES string of the molecule is COc1ccc([C@@]23C(=O)N(Nc4ccc(Cl)cc4Cl)C(=O)[C@@H]2C[C@@H]2C(=CC[C@@H]4C(=O)N(c5cccc([N+](=O)[O-])c5)C(=O)[C@@H]42)[C@@H]3c2cccc(C)c2O)cc1. The number of hydrogen-bond acceptors (Lipinski definition) is 9. The molecule has 3 fully saturated rings. The molecule has 2 aliphatic carbocycles. The van der Waals surface area contributed by atoms with E-state index in [-0.39, 0.29) is 40.7 Å². The number of carbonyl (C=O) groups is 4. The quantitative estimate of drug-likeness (QED) is 0.0865. The van der Waals surface area contributed by atoms with E-state index in [1.807, 2.05) is 6.08 Å². The van der Waals surface area contributed by atoms with Crippen molar-refractivity contribution in [2.45, 2.75) is 31.1 Å². The van der Waals surface area contributed by atoms with Crippen LogP contribution in [0.1, 0.15) is 35.4 Å². The van der Waals surface area contributed by atoms with Gasteiger partial charge in [-0.1, -0.05) is 71.2 Å². The number of benzene rings is 4. The molecule has 12 nitrogen and oxygen atoms in total. The summed E-state index contributed by atoms with van der Waals surface area (Å²) >= 11 is 12.7.